The summed E-state index contributed by atoms with van der Waals surface area (Å²) in [4.78, 5) is 26.7. The summed E-state index contributed by atoms with van der Waals surface area (Å²) in [6.07, 6.45) is 3.25. The molecule has 1 aromatic heterocycles. The summed E-state index contributed by atoms with van der Waals surface area (Å²) < 4.78 is 0. The van der Waals surface area contributed by atoms with Gasteiger partial charge in [0.05, 0.1) is 13.1 Å². The van der Waals surface area contributed by atoms with Crippen LogP contribution in [0.4, 0.5) is 0 Å². The summed E-state index contributed by atoms with van der Waals surface area (Å²) in [6.45, 7) is 0.0299. The molecule has 0 fully saturated rings. The van der Waals surface area contributed by atoms with Crippen molar-refractivity contribution in [3.63, 3.8) is 0 Å². The van der Waals surface area contributed by atoms with Crippen molar-refractivity contribution < 1.29 is 14.7 Å². The van der Waals surface area contributed by atoms with E-state index in [1.54, 1.807) is 18.5 Å². The Morgan fingerprint density at radius 1 is 1.44 bits per heavy atom. The number of hydrogen-bond donors (Lipinski definition) is 2. The van der Waals surface area contributed by atoms with Gasteiger partial charge in [-0.2, -0.15) is 0 Å². The van der Waals surface area contributed by atoms with Crippen molar-refractivity contribution in [1.29, 1.82) is 0 Å². The van der Waals surface area contributed by atoms with E-state index in [2.05, 4.69) is 4.98 Å². The summed E-state index contributed by atoms with van der Waals surface area (Å²) in [6, 6.07) is 3.56. The third kappa shape index (κ3) is 4.52. The molecule has 0 aliphatic heterocycles. The highest BCUT2D eigenvalue weighted by Crippen LogP contribution is 2.01. The molecule has 86 valence electrons. The monoisotopic (exact) mass is 223 g/mol. The predicted octanol–water partition coefficient (Wildman–Crippen LogP) is -0.546. The second-order valence-corrected chi connectivity index (χ2v) is 3.37. The number of nitrogens with two attached hydrogens (primary N) is 1. The maximum atomic E-state index is 10.8. The predicted molar refractivity (Wildman–Crippen MR) is 56.3 cm³/mol. The number of carboxylic acids is 1. The molecule has 0 radical (unpaired) electrons. The van der Waals surface area contributed by atoms with E-state index in [0.29, 0.717) is 6.54 Å². The Bertz CT molecular complexity index is 351. The highest BCUT2D eigenvalue weighted by Gasteiger charge is 2.12. The summed E-state index contributed by atoms with van der Waals surface area (Å²) in [5.74, 6) is -1.55. The lowest BCUT2D eigenvalue weighted by molar-refractivity contribution is -0.138. The van der Waals surface area contributed by atoms with E-state index in [0.717, 1.165) is 5.56 Å². The minimum absolute atomic E-state index is 0.0821. The first-order chi connectivity index (χ1) is 7.58. The number of pyridine rings is 1. The summed E-state index contributed by atoms with van der Waals surface area (Å²) in [5.41, 5.74) is 5.87. The lowest BCUT2D eigenvalue weighted by Gasteiger charge is -2.17. The molecular formula is C10H13N3O3. The Morgan fingerprint density at radius 3 is 2.69 bits per heavy atom. The van der Waals surface area contributed by atoms with Crippen molar-refractivity contribution in [2.24, 2.45) is 5.73 Å². The van der Waals surface area contributed by atoms with Gasteiger partial charge in [0.15, 0.2) is 0 Å². The quantitative estimate of drug-likeness (QED) is 0.674. The first-order valence-electron chi connectivity index (χ1n) is 4.69. The maximum Gasteiger partial charge on any atom is 0.317 e. The van der Waals surface area contributed by atoms with Crippen molar-refractivity contribution >= 4 is 11.9 Å². The van der Waals surface area contributed by atoms with Crippen molar-refractivity contribution in [3.05, 3.63) is 30.1 Å². The fraction of sp³-hybridized carbons (Fsp3) is 0.300. The minimum atomic E-state index is -0.995. The lowest BCUT2D eigenvalue weighted by atomic mass is 10.2. The second-order valence-electron chi connectivity index (χ2n) is 3.37. The molecule has 0 saturated carbocycles. The van der Waals surface area contributed by atoms with E-state index in [-0.39, 0.29) is 13.1 Å². The van der Waals surface area contributed by atoms with Gasteiger partial charge in [-0.05, 0) is 11.6 Å². The van der Waals surface area contributed by atoms with E-state index >= 15 is 0 Å². The van der Waals surface area contributed by atoms with Gasteiger partial charge in [-0.15, -0.1) is 0 Å². The van der Waals surface area contributed by atoms with Gasteiger partial charge in [0.2, 0.25) is 5.91 Å². The summed E-state index contributed by atoms with van der Waals surface area (Å²) in [7, 11) is 0. The number of carboxylic acid groups (broad SMARTS) is 1. The van der Waals surface area contributed by atoms with Crippen molar-refractivity contribution in [1.82, 2.24) is 9.88 Å². The van der Waals surface area contributed by atoms with E-state index in [1.165, 1.54) is 4.90 Å². The fourth-order valence-corrected chi connectivity index (χ4v) is 1.33. The molecule has 6 heteroatoms. The fourth-order valence-electron chi connectivity index (χ4n) is 1.33. The Morgan fingerprint density at radius 2 is 2.19 bits per heavy atom. The minimum Gasteiger partial charge on any atom is -0.480 e. The van der Waals surface area contributed by atoms with Crippen LogP contribution in [-0.2, 0) is 16.1 Å². The number of aromatic nitrogens is 1. The van der Waals surface area contributed by atoms with E-state index in [9.17, 15) is 9.59 Å². The third-order valence-corrected chi connectivity index (χ3v) is 1.87. The number of hydrogen-bond acceptors (Lipinski definition) is 4. The molecule has 0 spiro atoms. The molecule has 0 saturated heterocycles. The van der Waals surface area contributed by atoms with Gasteiger partial charge in [0.1, 0.15) is 0 Å². The largest absolute Gasteiger partial charge is 0.480 e. The van der Waals surface area contributed by atoms with Crippen LogP contribution in [0.3, 0.4) is 0 Å². The van der Waals surface area contributed by atoms with Crippen LogP contribution in [0.15, 0.2) is 24.5 Å². The first-order valence-corrected chi connectivity index (χ1v) is 4.69. The molecule has 0 atom stereocenters. The number of primary amides is 1. The highest BCUT2D eigenvalue weighted by molar-refractivity contribution is 5.77. The number of rotatable bonds is 6. The molecule has 1 heterocycles. The smallest absolute Gasteiger partial charge is 0.317 e. The van der Waals surface area contributed by atoms with E-state index < -0.39 is 11.9 Å². The van der Waals surface area contributed by atoms with Crippen molar-refractivity contribution in [2.75, 3.05) is 13.1 Å². The van der Waals surface area contributed by atoms with Crippen molar-refractivity contribution in [2.45, 2.75) is 6.54 Å². The maximum absolute atomic E-state index is 10.8. The molecule has 0 aromatic carbocycles. The molecular weight excluding hydrogens is 210 g/mol. The molecule has 0 bridgehead atoms. The number of aliphatic carboxylic acids is 1. The summed E-state index contributed by atoms with van der Waals surface area (Å²) in [5, 5.41) is 8.67. The van der Waals surface area contributed by atoms with Gasteiger partial charge in [-0.3, -0.25) is 19.5 Å². The topological polar surface area (TPSA) is 96.5 Å². The van der Waals surface area contributed by atoms with E-state index in [4.69, 9.17) is 10.8 Å². The van der Waals surface area contributed by atoms with Crippen LogP contribution in [0.25, 0.3) is 0 Å². The molecule has 0 unspecified atom stereocenters. The highest BCUT2D eigenvalue weighted by atomic mass is 16.4. The molecule has 1 rings (SSSR count). The average molecular weight is 223 g/mol. The van der Waals surface area contributed by atoms with Crippen LogP contribution < -0.4 is 5.73 Å². The van der Waals surface area contributed by atoms with Crippen LogP contribution in [0.1, 0.15) is 5.56 Å². The van der Waals surface area contributed by atoms with Gasteiger partial charge in [-0.25, -0.2) is 0 Å². The third-order valence-electron chi connectivity index (χ3n) is 1.87. The Kier molecular flexibility index (Phi) is 4.41. The lowest BCUT2D eigenvalue weighted by Crippen LogP contribution is -2.36. The zero-order valence-electron chi connectivity index (χ0n) is 8.67. The average Bonchev–Trinajstić information content (AvgIpc) is 2.16. The second kappa shape index (κ2) is 5.82. The van der Waals surface area contributed by atoms with Gasteiger partial charge in [-0.1, -0.05) is 6.07 Å². The Hall–Kier alpha value is -1.95. The van der Waals surface area contributed by atoms with Crippen molar-refractivity contribution in [3.8, 4) is 0 Å². The molecule has 0 aliphatic carbocycles. The number of amides is 1. The zero-order chi connectivity index (χ0) is 12.0. The Balaban J connectivity index is 2.63. The normalized spacial score (nSPS) is 10.3. The van der Waals surface area contributed by atoms with Gasteiger partial charge in [0, 0.05) is 18.9 Å². The molecule has 16 heavy (non-hydrogen) atoms. The van der Waals surface area contributed by atoms with Crippen LogP contribution >= 0.6 is 0 Å². The van der Waals surface area contributed by atoms with E-state index in [1.807, 2.05) is 6.07 Å². The SMILES string of the molecule is NC(=O)CN(CC(=O)O)Cc1cccnc1. The van der Waals surface area contributed by atoms with Crippen LogP contribution in [0.2, 0.25) is 0 Å². The molecule has 3 N–H and O–H groups in total. The molecule has 6 nitrogen and oxygen atoms in total. The zero-order valence-corrected chi connectivity index (χ0v) is 8.67. The molecule has 1 amide bonds. The van der Waals surface area contributed by atoms with Gasteiger partial charge in [0.25, 0.3) is 0 Å². The summed E-state index contributed by atoms with van der Waals surface area (Å²) >= 11 is 0. The first kappa shape index (κ1) is 12.1. The van der Waals surface area contributed by atoms with Crippen LogP contribution in [0.5, 0.6) is 0 Å². The van der Waals surface area contributed by atoms with Gasteiger partial charge >= 0.3 is 5.97 Å². The number of carbonyl (C=O) groups excluding carboxylic acids is 1. The number of carbonyl (C=O) groups is 2. The van der Waals surface area contributed by atoms with Crippen LogP contribution in [0, 0.1) is 0 Å². The molecule has 1 aromatic rings. The molecule has 0 aliphatic rings. The van der Waals surface area contributed by atoms with Crippen LogP contribution in [-0.4, -0.2) is 40.0 Å². The van der Waals surface area contributed by atoms with Gasteiger partial charge < -0.3 is 10.8 Å². The Labute approximate surface area is 92.7 Å². The standard InChI is InChI=1S/C10H13N3O3/c11-9(14)6-13(7-10(15)16)5-8-2-1-3-12-4-8/h1-4H,5-7H2,(H2,11,14)(H,15,16). The number of nitrogens with zero attached hydrogens (tertiary/aromatic N) is 2.